The minimum atomic E-state index is 0.484. The number of nitrogens with zero attached hydrogens (tertiary/aromatic N) is 2. The van der Waals surface area contributed by atoms with Gasteiger partial charge in [0.1, 0.15) is 0 Å². The third-order valence-corrected chi connectivity index (χ3v) is 1.28. The van der Waals surface area contributed by atoms with Crippen LogP contribution in [0.15, 0.2) is 23.5 Å². The van der Waals surface area contributed by atoms with Crippen LogP contribution in [0.3, 0.4) is 0 Å². The lowest BCUT2D eigenvalue weighted by Gasteiger charge is -2.02. The van der Waals surface area contributed by atoms with Gasteiger partial charge in [-0.1, -0.05) is 5.16 Å². The molecule has 4 nitrogen and oxygen atoms in total. The van der Waals surface area contributed by atoms with Crippen molar-refractivity contribution < 1.29 is 9.94 Å². The van der Waals surface area contributed by atoms with Gasteiger partial charge in [0.2, 0.25) is 5.88 Å². The largest absolute Gasteiger partial charge is 0.477 e. The zero-order valence-electron chi connectivity index (χ0n) is 6.77. The summed E-state index contributed by atoms with van der Waals surface area (Å²) in [4.78, 5) is 3.96. The summed E-state index contributed by atoms with van der Waals surface area (Å²) in [6, 6.07) is 3.51. The van der Waals surface area contributed by atoms with Gasteiger partial charge in [-0.05, 0) is 19.1 Å². The predicted octanol–water partition coefficient (Wildman–Crippen LogP) is 1.29. The molecule has 1 heterocycles. The van der Waals surface area contributed by atoms with Crippen molar-refractivity contribution in [1.82, 2.24) is 4.98 Å². The molecule has 12 heavy (non-hydrogen) atoms. The monoisotopic (exact) mass is 166 g/mol. The summed E-state index contributed by atoms with van der Waals surface area (Å²) in [5.74, 6) is 0.484. The molecule has 0 saturated carbocycles. The highest BCUT2D eigenvalue weighted by molar-refractivity contribution is 5.81. The van der Waals surface area contributed by atoms with Crippen molar-refractivity contribution in [2.45, 2.75) is 6.92 Å². The standard InChI is InChI=1S/C8H10N2O2/c1-2-12-8-7(6-10-11)4-3-5-9-8/h3-6,11H,2H2,1H3. The number of pyridine rings is 1. The van der Waals surface area contributed by atoms with Crippen molar-refractivity contribution >= 4 is 6.21 Å². The third-order valence-electron chi connectivity index (χ3n) is 1.28. The van der Waals surface area contributed by atoms with Crippen molar-refractivity contribution in [2.75, 3.05) is 6.61 Å². The van der Waals surface area contributed by atoms with E-state index < -0.39 is 0 Å². The van der Waals surface area contributed by atoms with Crippen LogP contribution >= 0.6 is 0 Å². The van der Waals surface area contributed by atoms with Crippen LogP contribution in [0, 0.1) is 0 Å². The van der Waals surface area contributed by atoms with E-state index in [4.69, 9.17) is 9.94 Å². The Bertz CT molecular complexity index is 274. The zero-order valence-corrected chi connectivity index (χ0v) is 6.77. The van der Waals surface area contributed by atoms with Crippen molar-refractivity contribution in [3.05, 3.63) is 23.9 Å². The molecule has 1 aromatic rings. The van der Waals surface area contributed by atoms with Gasteiger partial charge in [-0.3, -0.25) is 0 Å². The van der Waals surface area contributed by atoms with Gasteiger partial charge in [0.25, 0.3) is 0 Å². The quantitative estimate of drug-likeness (QED) is 0.418. The van der Waals surface area contributed by atoms with Gasteiger partial charge < -0.3 is 9.94 Å². The molecule has 64 valence electrons. The molecule has 1 rings (SSSR count). The number of aromatic nitrogens is 1. The fraction of sp³-hybridized carbons (Fsp3) is 0.250. The fourth-order valence-corrected chi connectivity index (χ4v) is 0.821. The maximum absolute atomic E-state index is 8.30. The van der Waals surface area contributed by atoms with Gasteiger partial charge >= 0.3 is 0 Å². The van der Waals surface area contributed by atoms with Crippen LogP contribution < -0.4 is 4.74 Å². The summed E-state index contributed by atoms with van der Waals surface area (Å²) < 4.78 is 5.18. The van der Waals surface area contributed by atoms with Gasteiger partial charge in [0, 0.05) is 6.20 Å². The molecule has 0 bridgehead atoms. The van der Waals surface area contributed by atoms with Crippen LogP contribution in [0.2, 0.25) is 0 Å². The smallest absolute Gasteiger partial charge is 0.222 e. The highest BCUT2D eigenvalue weighted by atomic mass is 16.5. The molecule has 0 radical (unpaired) electrons. The molecule has 0 aromatic carbocycles. The molecule has 0 aliphatic rings. The molecule has 1 N–H and O–H groups in total. The molecular weight excluding hydrogens is 156 g/mol. The summed E-state index contributed by atoms with van der Waals surface area (Å²) in [5, 5.41) is 11.2. The van der Waals surface area contributed by atoms with E-state index in [1.165, 1.54) is 6.21 Å². The molecule has 0 amide bonds. The predicted molar refractivity (Wildman–Crippen MR) is 44.8 cm³/mol. The van der Waals surface area contributed by atoms with Gasteiger partial charge in [0.15, 0.2) is 0 Å². The molecule has 4 heteroatoms. The second kappa shape index (κ2) is 4.33. The van der Waals surface area contributed by atoms with Crippen molar-refractivity contribution in [3.63, 3.8) is 0 Å². The number of ether oxygens (including phenoxy) is 1. The van der Waals surface area contributed by atoms with E-state index in [0.717, 1.165) is 0 Å². The van der Waals surface area contributed by atoms with Gasteiger partial charge in [-0.2, -0.15) is 0 Å². The Morgan fingerprint density at radius 3 is 3.25 bits per heavy atom. The number of oxime groups is 1. The first-order valence-electron chi connectivity index (χ1n) is 3.63. The average molecular weight is 166 g/mol. The first-order chi connectivity index (χ1) is 5.88. The summed E-state index contributed by atoms with van der Waals surface area (Å²) >= 11 is 0. The van der Waals surface area contributed by atoms with Crippen LogP contribution in [0.4, 0.5) is 0 Å². The number of rotatable bonds is 3. The van der Waals surface area contributed by atoms with E-state index >= 15 is 0 Å². The summed E-state index contributed by atoms with van der Waals surface area (Å²) in [7, 11) is 0. The molecule has 0 saturated heterocycles. The molecule has 0 aliphatic heterocycles. The third kappa shape index (κ3) is 1.95. The minimum absolute atomic E-state index is 0.484. The maximum Gasteiger partial charge on any atom is 0.222 e. The molecule has 0 fully saturated rings. The Morgan fingerprint density at radius 2 is 2.58 bits per heavy atom. The second-order valence-electron chi connectivity index (χ2n) is 2.08. The Morgan fingerprint density at radius 1 is 1.75 bits per heavy atom. The van der Waals surface area contributed by atoms with E-state index in [2.05, 4.69) is 10.1 Å². The first-order valence-corrected chi connectivity index (χ1v) is 3.63. The Balaban J connectivity index is 2.91. The summed E-state index contributed by atoms with van der Waals surface area (Å²) in [5.41, 5.74) is 0.668. The van der Waals surface area contributed by atoms with Gasteiger partial charge in [0.05, 0.1) is 18.4 Å². The Hall–Kier alpha value is -1.58. The van der Waals surface area contributed by atoms with E-state index in [1.54, 1.807) is 18.3 Å². The average Bonchev–Trinajstić information content (AvgIpc) is 2.09. The summed E-state index contributed by atoms with van der Waals surface area (Å²) in [6.45, 7) is 2.41. The highest BCUT2D eigenvalue weighted by Gasteiger charge is 1.99. The van der Waals surface area contributed by atoms with Crippen LogP contribution in [-0.2, 0) is 0 Å². The Labute approximate surface area is 70.5 Å². The van der Waals surface area contributed by atoms with Crippen molar-refractivity contribution in [1.29, 1.82) is 0 Å². The molecule has 0 aliphatic carbocycles. The van der Waals surface area contributed by atoms with Gasteiger partial charge in [-0.15, -0.1) is 0 Å². The van der Waals surface area contributed by atoms with Gasteiger partial charge in [-0.25, -0.2) is 4.98 Å². The van der Waals surface area contributed by atoms with Crippen molar-refractivity contribution in [3.8, 4) is 5.88 Å². The normalized spacial score (nSPS) is 10.4. The lowest BCUT2D eigenvalue weighted by Crippen LogP contribution is -1.98. The second-order valence-corrected chi connectivity index (χ2v) is 2.08. The molecule has 0 atom stereocenters. The van der Waals surface area contributed by atoms with Crippen LogP contribution in [-0.4, -0.2) is 23.0 Å². The van der Waals surface area contributed by atoms with Crippen LogP contribution in [0.25, 0.3) is 0 Å². The van der Waals surface area contributed by atoms with E-state index in [0.29, 0.717) is 18.1 Å². The zero-order chi connectivity index (χ0) is 8.81. The van der Waals surface area contributed by atoms with E-state index in [-0.39, 0.29) is 0 Å². The summed E-state index contributed by atoms with van der Waals surface area (Å²) in [6.07, 6.45) is 2.91. The maximum atomic E-state index is 8.30. The SMILES string of the molecule is CCOc1ncccc1C=NO. The molecule has 0 spiro atoms. The van der Waals surface area contributed by atoms with Crippen LogP contribution in [0.5, 0.6) is 5.88 Å². The Kier molecular flexibility index (Phi) is 3.07. The highest BCUT2D eigenvalue weighted by Crippen LogP contribution is 2.10. The van der Waals surface area contributed by atoms with Crippen LogP contribution in [0.1, 0.15) is 12.5 Å². The fourth-order valence-electron chi connectivity index (χ4n) is 0.821. The lowest BCUT2D eigenvalue weighted by molar-refractivity contribution is 0.317. The van der Waals surface area contributed by atoms with E-state index in [1.807, 2.05) is 6.92 Å². The molecular formula is C8H10N2O2. The number of hydrogen-bond donors (Lipinski definition) is 1. The van der Waals surface area contributed by atoms with E-state index in [9.17, 15) is 0 Å². The first kappa shape index (κ1) is 8.52. The number of hydrogen-bond acceptors (Lipinski definition) is 4. The molecule has 1 aromatic heterocycles. The lowest BCUT2D eigenvalue weighted by atomic mass is 10.3. The molecule has 0 unspecified atom stereocenters. The topological polar surface area (TPSA) is 54.7 Å². The minimum Gasteiger partial charge on any atom is -0.477 e. The van der Waals surface area contributed by atoms with Crippen molar-refractivity contribution in [2.24, 2.45) is 5.16 Å².